The molecule has 0 atom stereocenters. The highest BCUT2D eigenvalue weighted by Crippen LogP contribution is 2.33. The van der Waals surface area contributed by atoms with E-state index in [1.807, 2.05) is 4.90 Å². The maximum Gasteiger partial charge on any atom is 0.263 e. The van der Waals surface area contributed by atoms with E-state index in [1.165, 1.54) is 23.3 Å². The van der Waals surface area contributed by atoms with Gasteiger partial charge in [0.15, 0.2) is 0 Å². The van der Waals surface area contributed by atoms with Crippen molar-refractivity contribution >= 4 is 27.5 Å². The van der Waals surface area contributed by atoms with Crippen LogP contribution < -0.4 is 5.56 Å². The molecule has 1 fully saturated rings. The van der Waals surface area contributed by atoms with Crippen molar-refractivity contribution < 1.29 is 4.79 Å². The van der Waals surface area contributed by atoms with Crippen LogP contribution in [0.3, 0.4) is 0 Å². The zero-order valence-electron chi connectivity index (χ0n) is 17.7. The minimum atomic E-state index is -0.0121. The van der Waals surface area contributed by atoms with Crippen molar-refractivity contribution in [3.05, 3.63) is 26.6 Å². The summed E-state index contributed by atoms with van der Waals surface area (Å²) in [5.41, 5.74) is 1.18. The second-order valence-corrected chi connectivity index (χ2v) is 9.30. The average Bonchev–Trinajstić information content (AvgIpc) is 3.13. The molecule has 0 radical (unpaired) electrons. The zero-order valence-corrected chi connectivity index (χ0v) is 18.5. The van der Waals surface area contributed by atoms with Gasteiger partial charge in [-0.15, -0.1) is 11.3 Å². The highest BCUT2D eigenvalue weighted by Gasteiger charge is 2.25. The fourth-order valence-electron chi connectivity index (χ4n) is 4.59. The first-order valence-electron chi connectivity index (χ1n) is 11.2. The lowest BCUT2D eigenvalue weighted by molar-refractivity contribution is -0.132. The molecule has 2 aliphatic rings. The summed E-state index contributed by atoms with van der Waals surface area (Å²) in [6, 6.07) is 0. The molecule has 2 aromatic heterocycles. The highest BCUT2D eigenvalue weighted by molar-refractivity contribution is 7.18. The van der Waals surface area contributed by atoms with E-state index in [1.54, 1.807) is 15.9 Å². The number of carbonyl (C=O) groups is 1. The third-order valence-corrected chi connectivity index (χ3v) is 7.60. The van der Waals surface area contributed by atoms with Gasteiger partial charge < -0.3 is 4.90 Å². The molecular formula is C22H32N4O2S. The molecule has 29 heavy (non-hydrogen) atoms. The molecule has 0 N–H and O–H groups in total. The number of likely N-dealkylation sites (tertiary alicyclic amines) is 1. The third kappa shape index (κ3) is 4.12. The van der Waals surface area contributed by atoms with Gasteiger partial charge in [-0.05, 0) is 63.6 Å². The van der Waals surface area contributed by atoms with Crippen LogP contribution in [0.25, 0.3) is 10.2 Å². The summed E-state index contributed by atoms with van der Waals surface area (Å²) in [7, 11) is 0. The van der Waals surface area contributed by atoms with Crippen LogP contribution in [0.1, 0.15) is 62.2 Å². The van der Waals surface area contributed by atoms with E-state index in [2.05, 4.69) is 18.7 Å². The number of hydrogen-bond acceptors (Lipinski definition) is 5. The molecular weight excluding hydrogens is 384 g/mol. The lowest BCUT2D eigenvalue weighted by atomic mass is 9.97. The predicted molar refractivity (Wildman–Crippen MR) is 118 cm³/mol. The van der Waals surface area contributed by atoms with Crippen LogP contribution in [-0.4, -0.2) is 51.4 Å². The number of piperidine rings is 1. The Hall–Kier alpha value is -1.73. The van der Waals surface area contributed by atoms with Crippen molar-refractivity contribution in [3.8, 4) is 0 Å². The molecule has 1 saturated heterocycles. The normalized spacial score (nSPS) is 17.1. The standard InChI is InChI=1S/C22H32N4O2S/c1-3-24(4-2)14-18-23-21-20(16-10-6-7-11-17(16)29-21)22(28)26(18)15-19(27)25-12-8-5-9-13-25/h3-15H2,1-2H3. The van der Waals surface area contributed by atoms with Gasteiger partial charge in [0.2, 0.25) is 5.91 Å². The Morgan fingerprint density at radius 3 is 2.52 bits per heavy atom. The summed E-state index contributed by atoms with van der Waals surface area (Å²) >= 11 is 1.69. The second-order valence-electron chi connectivity index (χ2n) is 8.21. The molecule has 3 heterocycles. The summed E-state index contributed by atoms with van der Waals surface area (Å²) in [6.07, 6.45) is 7.63. The van der Waals surface area contributed by atoms with Gasteiger partial charge in [0.25, 0.3) is 5.56 Å². The van der Waals surface area contributed by atoms with E-state index in [0.717, 1.165) is 74.3 Å². The topological polar surface area (TPSA) is 58.4 Å². The van der Waals surface area contributed by atoms with Gasteiger partial charge in [-0.2, -0.15) is 0 Å². The number of hydrogen-bond donors (Lipinski definition) is 0. The number of rotatable bonds is 6. The van der Waals surface area contributed by atoms with Crippen LogP contribution in [0.5, 0.6) is 0 Å². The second kappa shape index (κ2) is 8.96. The Kier molecular flexibility index (Phi) is 6.35. The Labute approximate surface area is 176 Å². The van der Waals surface area contributed by atoms with Crippen molar-refractivity contribution in [2.75, 3.05) is 26.2 Å². The van der Waals surface area contributed by atoms with Gasteiger partial charge in [-0.25, -0.2) is 4.98 Å². The lowest BCUT2D eigenvalue weighted by Crippen LogP contribution is -2.41. The van der Waals surface area contributed by atoms with Crippen molar-refractivity contribution in [1.82, 2.24) is 19.4 Å². The number of aryl methyl sites for hydroxylation is 2. The molecule has 0 aromatic carbocycles. The van der Waals surface area contributed by atoms with E-state index in [4.69, 9.17) is 4.98 Å². The van der Waals surface area contributed by atoms with Gasteiger partial charge in [0.05, 0.1) is 11.9 Å². The van der Waals surface area contributed by atoms with Crippen LogP contribution in [0.2, 0.25) is 0 Å². The van der Waals surface area contributed by atoms with Crippen molar-refractivity contribution in [1.29, 1.82) is 0 Å². The Morgan fingerprint density at radius 1 is 1.07 bits per heavy atom. The summed E-state index contributed by atoms with van der Waals surface area (Å²) in [5.74, 6) is 0.785. The molecule has 4 rings (SSSR count). The first kappa shape index (κ1) is 20.5. The SMILES string of the molecule is CCN(CC)Cc1nc2sc3c(c2c(=O)n1CC(=O)N1CCCCC1)CCCC3. The van der Waals surface area contributed by atoms with E-state index in [-0.39, 0.29) is 18.0 Å². The maximum atomic E-state index is 13.6. The van der Waals surface area contributed by atoms with Crippen LogP contribution in [0.15, 0.2) is 4.79 Å². The predicted octanol–water partition coefficient (Wildman–Crippen LogP) is 3.19. The first-order chi connectivity index (χ1) is 14.1. The molecule has 1 aliphatic heterocycles. The molecule has 1 amide bonds. The van der Waals surface area contributed by atoms with Gasteiger partial charge >= 0.3 is 0 Å². The molecule has 0 bridgehead atoms. The molecule has 158 valence electrons. The van der Waals surface area contributed by atoms with Crippen molar-refractivity contribution in [2.24, 2.45) is 0 Å². The Balaban J connectivity index is 1.76. The number of thiophene rings is 1. The number of aromatic nitrogens is 2. The van der Waals surface area contributed by atoms with E-state index >= 15 is 0 Å². The van der Waals surface area contributed by atoms with Gasteiger partial charge in [-0.1, -0.05) is 13.8 Å². The fourth-order valence-corrected chi connectivity index (χ4v) is 5.86. The Bertz CT molecular complexity index is 938. The summed E-state index contributed by atoms with van der Waals surface area (Å²) in [6.45, 7) is 8.36. The van der Waals surface area contributed by atoms with E-state index in [9.17, 15) is 9.59 Å². The fraction of sp³-hybridized carbons (Fsp3) is 0.682. The monoisotopic (exact) mass is 416 g/mol. The molecule has 1 aliphatic carbocycles. The maximum absolute atomic E-state index is 13.6. The Morgan fingerprint density at radius 2 is 1.79 bits per heavy atom. The van der Waals surface area contributed by atoms with E-state index < -0.39 is 0 Å². The average molecular weight is 417 g/mol. The number of nitrogens with zero attached hydrogens (tertiary/aromatic N) is 4. The van der Waals surface area contributed by atoms with Crippen LogP contribution in [0.4, 0.5) is 0 Å². The molecule has 7 heteroatoms. The lowest BCUT2D eigenvalue weighted by Gasteiger charge is -2.27. The van der Waals surface area contributed by atoms with Crippen LogP contribution >= 0.6 is 11.3 Å². The van der Waals surface area contributed by atoms with Crippen LogP contribution in [0, 0.1) is 0 Å². The van der Waals surface area contributed by atoms with E-state index in [0.29, 0.717) is 6.54 Å². The first-order valence-corrected chi connectivity index (χ1v) is 12.0. The molecule has 0 unspecified atom stereocenters. The number of fused-ring (bicyclic) bond motifs is 3. The largest absolute Gasteiger partial charge is 0.341 e. The smallest absolute Gasteiger partial charge is 0.263 e. The van der Waals surface area contributed by atoms with Crippen molar-refractivity contribution in [3.63, 3.8) is 0 Å². The van der Waals surface area contributed by atoms with Gasteiger partial charge in [0, 0.05) is 18.0 Å². The molecule has 0 saturated carbocycles. The van der Waals surface area contributed by atoms with Gasteiger partial charge in [-0.3, -0.25) is 19.1 Å². The van der Waals surface area contributed by atoms with Crippen LogP contribution in [-0.2, 0) is 30.7 Å². The van der Waals surface area contributed by atoms with Crippen molar-refractivity contribution in [2.45, 2.75) is 71.9 Å². The highest BCUT2D eigenvalue weighted by atomic mass is 32.1. The third-order valence-electron chi connectivity index (χ3n) is 6.42. The summed E-state index contributed by atoms with van der Waals surface area (Å²) in [5, 5.41) is 0.777. The molecule has 2 aromatic rings. The number of carbonyl (C=O) groups excluding carboxylic acids is 1. The minimum Gasteiger partial charge on any atom is -0.341 e. The summed E-state index contributed by atoms with van der Waals surface area (Å²) in [4.78, 5) is 37.9. The zero-order chi connectivity index (χ0) is 20.4. The molecule has 6 nitrogen and oxygen atoms in total. The quantitative estimate of drug-likeness (QED) is 0.726. The number of amides is 1. The van der Waals surface area contributed by atoms with Gasteiger partial charge in [0.1, 0.15) is 17.2 Å². The summed E-state index contributed by atoms with van der Waals surface area (Å²) < 4.78 is 1.68. The minimum absolute atomic E-state index is 0.0121. The molecule has 0 spiro atoms.